The first-order valence-corrected chi connectivity index (χ1v) is 11.5. The van der Waals surface area contributed by atoms with Crippen LogP contribution in [0, 0.1) is 3.57 Å². The Morgan fingerprint density at radius 3 is 2.69 bits per heavy atom. The summed E-state index contributed by atoms with van der Waals surface area (Å²) in [5, 5.41) is 4.85. The molecular formula is C24H18BrIN2O4. The van der Waals surface area contributed by atoms with Crippen LogP contribution in [-0.2, 0) is 6.61 Å². The lowest BCUT2D eigenvalue weighted by atomic mass is 10.2. The topological polar surface area (TPSA) is 73.1 Å². The minimum atomic E-state index is -0.432. The van der Waals surface area contributed by atoms with Crippen molar-refractivity contribution < 1.29 is 18.7 Å². The number of ether oxygens (including phenoxy) is 2. The maximum absolute atomic E-state index is 12.3. The molecule has 0 aliphatic rings. The molecule has 3 aromatic carbocycles. The molecule has 0 aliphatic carbocycles. The zero-order valence-electron chi connectivity index (χ0n) is 17.0. The molecule has 0 saturated heterocycles. The molecule has 0 atom stereocenters. The van der Waals surface area contributed by atoms with Gasteiger partial charge in [-0.25, -0.2) is 5.43 Å². The van der Waals surface area contributed by atoms with E-state index in [-0.39, 0.29) is 5.76 Å². The van der Waals surface area contributed by atoms with E-state index >= 15 is 0 Å². The maximum Gasteiger partial charge on any atom is 0.307 e. The lowest BCUT2D eigenvalue weighted by molar-refractivity contribution is 0.0929. The number of nitrogens with zero attached hydrogens (tertiary/aromatic N) is 1. The lowest BCUT2D eigenvalue weighted by Crippen LogP contribution is -2.16. The Bertz CT molecular complexity index is 1290. The van der Waals surface area contributed by atoms with Gasteiger partial charge in [-0.05, 0) is 88.3 Å². The number of benzene rings is 3. The normalized spacial score (nSPS) is 11.1. The van der Waals surface area contributed by atoms with E-state index in [9.17, 15) is 4.79 Å². The Kier molecular flexibility index (Phi) is 7.11. The fraction of sp³-hybridized carbons (Fsp3) is 0.0833. The highest BCUT2D eigenvalue weighted by Gasteiger charge is 2.12. The highest BCUT2D eigenvalue weighted by Crippen LogP contribution is 2.28. The molecule has 0 radical (unpaired) electrons. The number of fused-ring (bicyclic) bond motifs is 1. The van der Waals surface area contributed by atoms with Gasteiger partial charge in [0.25, 0.3) is 0 Å². The minimum Gasteiger partial charge on any atom is -0.493 e. The van der Waals surface area contributed by atoms with Gasteiger partial charge in [0.1, 0.15) is 12.2 Å². The number of hydrazone groups is 1. The summed E-state index contributed by atoms with van der Waals surface area (Å²) >= 11 is 5.67. The van der Waals surface area contributed by atoms with Gasteiger partial charge in [0.15, 0.2) is 17.3 Å². The molecule has 6 nitrogen and oxygen atoms in total. The summed E-state index contributed by atoms with van der Waals surface area (Å²) in [5.41, 5.74) is 4.93. The largest absolute Gasteiger partial charge is 0.493 e. The molecule has 32 heavy (non-hydrogen) atoms. The summed E-state index contributed by atoms with van der Waals surface area (Å²) in [4.78, 5) is 12.3. The Balaban J connectivity index is 1.39. The van der Waals surface area contributed by atoms with Gasteiger partial charge in [-0.3, -0.25) is 4.79 Å². The van der Waals surface area contributed by atoms with Gasteiger partial charge in [0.2, 0.25) is 0 Å². The Morgan fingerprint density at radius 2 is 1.91 bits per heavy atom. The van der Waals surface area contributed by atoms with E-state index in [0.29, 0.717) is 23.7 Å². The van der Waals surface area contributed by atoms with Crippen molar-refractivity contribution in [2.45, 2.75) is 6.61 Å². The van der Waals surface area contributed by atoms with Gasteiger partial charge >= 0.3 is 5.91 Å². The monoisotopic (exact) mass is 604 g/mol. The van der Waals surface area contributed by atoms with E-state index in [1.54, 1.807) is 25.3 Å². The second-order valence-corrected chi connectivity index (χ2v) is 8.98. The Hall–Kier alpha value is -2.85. The first-order valence-electron chi connectivity index (χ1n) is 9.59. The van der Waals surface area contributed by atoms with Gasteiger partial charge in [-0.2, -0.15) is 5.10 Å². The van der Waals surface area contributed by atoms with Crippen LogP contribution in [0.2, 0.25) is 0 Å². The van der Waals surface area contributed by atoms with Crippen LogP contribution in [0.25, 0.3) is 11.0 Å². The van der Waals surface area contributed by atoms with E-state index in [0.717, 1.165) is 21.0 Å². The van der Waals surface area contributed by atoms with Crippen LogP contribution >= 0.6 is 38.5 Å². The van der Waals surface area contributed by atoms with Gasteiger partial charge in [-0.15, -0.1) is 0 Å². The number of hydrogen-bond acceptors (Lipinski definition) is 5. The number of carbonyl (C=O) groups is 1. The van der Waals surface area contributed by atoms with Crippen molar-refractivity contribution in [1.82, 2.24) is 5.43 Å². The molecule has 4 aromatic rings. The number of methoxy groups -OCH3 is 1. The third-order valence-corrected chi connectivity index (χ3v) is 5.79. The Morgan fingerprint density at radius 1 is 1.09 bits per heavy atom. The summed E-state index contributed by atoms with van der Waals surface area (Å²) in [5.74, 6) is 0.958. The number of amides is 1. The molecule has 1 amide bonds. The number of nitrogens with one attached hydrogen (secondary N) is 1. The predicted molar refractivity (Wildman–Crippen MR) is 135 cm³/mol. The average molecular weight is 605 g/mol. The number of carbonyl (C=O) groups excluding carboxylic acids is 1. The van der Waals surface area contributed by atoms with Gasteiger partial charge in [0, 0.05) is 13.4 Å². The molecule has 8 heteroatoms. The van der Waals surface area contributed by atoms with Crippen LogP contribution in [0.15, 0.2) is 80.7 Å². The molecule has 162 valence electrons. The van der Waals surface area contributed by atoms with E-state index in [2.05, 4.69) is 49.0 Å². The van der Waals surface area contributed by atoms with Crippen molar-refractivity contribution >= 4 is 61.6 Å². The van der Waals surface area contributed by atoms with Crippen LogP contribution in [0.3, 0.4) is 0 Å². The number of rotatable bonds is 7. The number of halogens is 2. The van der Waals surface area contributed by atoms with Crippen molar-refractivity contribution in [3.05, 3.63) is 91.7 Å². The molecule has 1 aromatic heterocycles. The van der Waals surface area contributed by atoms with Gasteiger partial charge in [-0.1, -0.05) is 28.1 Å². The van der Waals surface area contributed by atoms with E-state index in [1.807, 2.05) is 48.5 Å². The minimum absolute atomic E-state index is 0.187. The van der Waals surface area contributed by atoms with Gasteiger partial charge < -0.3 is 13.9 Å². The molecule has 1 N–H and O–H groups in total. The van der Waals surface area contributed by atoms with Crippen LogP contribution < -0.4 is 14.9 Å². The van der Waals surface area contributed by atoms with Crippen molar-refractivity contribution in [1.29, 1.82) is 0 Å². The van der Waals surface area contributed by atoms with Crippen molar-refractivity contribution in [3.8, 4) is 11.5 Å². The molecular weight excluding hydrogens is 587 g/mol. The molecule has 0 spiro atoms. The zero-order chi connectivity index (χ0) is 22.5. The first kappa shape index (κ1) is 22.3. The highest BCUT2D eigenvalue weighted by molar-refractivity contribution is 14.1. The molecule has 0 fully saturated rings. The van der Waals surface area contributed by atoms with Crippen molar-refractivity contribution in [2.75, 3.05) is 7.11 Å². The summed E-state index contributed by atoms with van der Waals surface area (Å²) in [6, 6.07) is 20.8. The Labute approximate surface area is 206 Å². The second kappa shape index (κ2) is 10.2. The quantitative estimate of drug-likeness (QED) is 0.156. The highest BCUT2D eigenvalue weighted by atomic mass is 127. The molecule has 4 rings (SSSR count). The lowest BCUT2D eigenvalue weighted by Gasteiger charge is -2.11. The first-order chi connectivity index (χ1) is 15.5. The fourth-order valence-electron chi connectivity index (χ4n) is 2.97. The molecule has 0 saturated carbocycles. The summed E-state index contributed by atoms with van der Waals surface area (Å²) in [6.45, 7) is 0.435. The maximum atomic E-state index is 12.3. The van der Waals surface area contributed by atoms with E-state index in [4.69, 9.17) is 13.9 Å². The summed E-state index contributed by atoms with van der Waals surface area (Å²) < 4.78 is 19.0. The molecule has 0 aliphatic heterocycles. The fourth-order valence-corrected chi connectivity index (χ4v) is 3.71. The summed E-state index contributed by atoms with van der Waals surface area (Å²) in [7, 11) is 1.58. The van der Waals surface area contributed by atoms with Crippen LogP contribution in [0.5, 0.6) is 11.5 Å². The number of hydrogen-bond donors (Lipinski definition) is 1. The second-order valence-electron chi connectivity index (χ2n) is 6.82. The van der Waals surface area contributed by atoms with Crippen molar-refractivity contribution in [2.24, 2.45) is 5.10 Å². The third kappa shape index (κ3) is 5.49. The molecule has 0 unspecified atom stereocenters. The van der Waals surface area contributed by atoms with E-state index < -0.39 is 5.91 Å². The molecule has 1 heterocycles. The zero-order valence-corrected chi connectivity index (χ0v) is 20.7. The predicted octanol–water partition coefficient (Wildman–Crippen LogP) is 6.15. The smallest absolute Gasteiger partial charge is 0.307 e. The standard InChI is InChI=1S/C24H18BrIN2O4/c1-30-22-10-16(4-8-21(22)31-14-15-2-6-19(26)7-3-15)13-27-28-24(29)23-12-17-11-18(25)5-9-20(17)32-23/h2-13H,14H2,1H3,(H,28,29)/b27-13+. The van der Waals surface area contributed by atoms with Crippen LogP contribution in [0.4, 0.5) is 0 Å². The summed E-state index contributed by atoms with van der Waals surface area (Å²) in [6.07, 6.45) is 1.53. The average Bonchev–Trinajstić information content (AvgIpc) is 3.22. The van der Waals surface area contributed by atoms with Crippen LogP contribution in [0.1, 0.15) is 21.7 Å². The third-order valence-electron chi connectivity index (χ3n) is 4.58. The number of furan rings is 1. The van der Waals surface area contributed by atoms with Gasteiger partial charge in [0.05, 0.1) is 13.3 Å². The van der Waals surface area contributed by atoms with Crippen molar-refractivity contribution in [3.63, 3.8) is 0 Å². The SMILES string of the molecule is COc1cc(/C=N/NC(=O)c2cc3cc(Br)ccc3o2)ccc1OCc1ccc(I)cc1. The van der Waals surface area contributed by atoms with E-state index in [1.165, 1.54) is 9.78 Å². The molecule has 0 bridgehead atoms. The van der Waals surface area contributed by atoms with Crippen LogP contribution in [-0.4, -0.2) is 19.2 Å².